The van der Waals surface area contributed by atoms with Crippen molar-refractivity contribution in [3.05, 3.63) is 234 Å². The number of ether oxygens (including phenoxy) is 1. The summed E-state index contributed by atoms with van der Waals surface area (Å²) in [5, 5.41) is 15.0. The average molecular weight is 1010 g/mol. The monoisotopic (exact) mass is 1010 g/mol. The third-order valence-electron chi connectivity index (χ3n) is 12.6. The quantitative estimate of drug-likeness (QED) is 0.103. The van der Waals surface area contributed by atoms with Crippen molar-refractivity contribution < 1.29 is 22.7 Å². The minimum atomic E-state index is -2.62. The summed E-state index contributed by atoms with van der Waals surface area (Å²) >= 11 is 1.85. The van der Waals surface area contributed by atoms with E-state index < -0.39 is 7.26 Å². The zero-order chi connectivity index (χ0) is 42.8. The molecule has 0 N–H and O–H groups in total. The Hall–Kier alpha value is -6.21. The molecule has 1 aliphatic heterocycles. The fourth-order valence-corrected chi connectivity index (χ4v) is 15.8. The molecule has 1 aliphatic rings. The molecule has 305 valence electrons. The molecule has 1 saturated heterocycles. The number of hydrogen-bond acceptors (Lipinski definition) is 1. The molecule has 0 unspecified atom stereocenters. The molecule has 0 saturated carbocycles. The van der Waals surface area contributed by atoms with Gasteiger partial charge in [0.05, 0.1) is 0 Å². The first kappa shape index (κ1) is 40.8. The molecule has 9 aromatic carbocycles. The summed E-state index contributed by atoms with van der Waals surface area (Å²) in [5.41, 5.74) is 8.69. The Morgan fingerprint density at radius 3 is 1.32 bits per heavy atom. The van der Waals surface area contributed by atoms with Crippen molar-refractivity contribution in [3.63, 3.8) is 0 Å². The van der Waals surface area contributed by atoms with Crippen molar-refractivity contribution in [2.45, 2.75) is 20.3 Å². The third-order valence-corrected chi connectivity index (χ3v) is 17.9. The summed E-state index contributed by atoms with van der Waals surface area (Å²) in [6, 6.07) is 69.9. The summed E-state index contributed by atoms with van der Waals surface area (Å²) in [5.74, 6) is 0. The molecule has 0 spiro atoms. The van der Waals surface area contributed by atoms with Gasteiger partial charge in [-0.1, -0.05) is 6.08 Å². The van der Waals surface area contributed by atoms with Gasteiger partial charge in [-0.05, 0) is 6.92 Å². The predicted octanol–water partition coefficient (Wildman–Crippen LogP) is 14.5. The average Bonchev–Trinajstić information content (AvgIpc) is 3.79. The van der Waals surface area contributed by atoms with Crippen molar-refractivity contribution in [2.75, 3.05) is 13.2 Å². The normalized spacial score (nSPS) is 15.0. The van der Waals surface area contributed by atoms with Gasteiger partial charge in [0.25, 0.3) is 0 Å². The van der Waals surface area contributed by atoms with Gasteiger partial charge >= 0.3 is 370 Å². The number of rotatable bonds is 9. The van der Waals surface area contributed by atoms with Crippen molar-refractivity contribution >= 4 is 77.9 Å². The van der Waals surface area contributed by atoms with Crippen LogP contribution in [-0.2, 0) is 22.7 Å². The molecular weight excluding hydrogens is 958 g/mol. The number of allylic oxidation sites excluding steroid dienone is 5. The molecule has 1 nitrogen and oxygen atoms in total. The van der Waals surface area contributed by atoms with E-state index in [2.05, 4.69) is 231 Å². The third kappa shape index (κ3) is 7.00. The number of fused-ring (bicyclic) bond motifs is 4. The van der Waals surface area contributed by atoms with Crippen LogP contribution in [0.5, 0.6) is 0 Å². The second-order valence-electron chi connectivity index (χ2n) is 16.0. The van der Waals surface area contributed by atoms with E-state index in [4.69, 9.17) is 4.74 Å². The van der Waals surface area contributed by atoms with E-state index in [1.807, 2.05) is 17.9 Å². The second kappa shape index (κ2) is 17.9. The molecule has 1 heterocycles. The van der Waals surface area contributed by atoms with Crippen LogP contribution in [0.2, 0.25) is 0 Å². The SMILES string of the molecule is C/C=C/c1c2ccccc2c(-c2c3ccccc3c(C(C=C3COCC3=CCC)=C([C]#[Os])[P+](c3ccccc3)(c3ccccc3)c3ccccc3)c3ccccc23)c2ccccc12. The Morgan fingerprint density at radius 2 is 0.905 bits per heavy atom. The summed E-state index contributed by atoms with van der Waals surface area (Å²) in [4.78, 5) is 0. The second-order valence-corrected chi connectivity index (χ2v) is 20.0. The Balaban J connectivity index is 1.44. The van der Waals surface area contributed by atoms with E-state index in [0.717, 1.165) is 6.42 Å². The van der Waals surface area contributed by atoms with Crippen LogP contribution in [0, 0.1) is 4.37 Å². The summed E-state index contributed by atoms with van der Waals surface area (Å²) < 4.78 is 10.3. The first-order valence-electron chi connectivity index (χ1n) is 21.8. The van der Waals surface area contributed by atoms with Gasteiger partial charge in [0.1, 0.15) is 0 Å². The van der Waals surface area contributed by atoms with Crippen LogP contribution in [0.4, 0.5) is 0 Å². The van der Waals surface area contributed by atoms with Crippen LogP contribution in [-0.4, -0.2) is 13.2 Å². The Bertz CT molecular complexity index is 3140. The maximum absolute atomic E-state index is 6.30. The molecular formula is C60H47OOsP+. The maximum atomic E-state index is 6.30. The first-order chi connectivity index (χ1) is 31.2. The Labute approximate surface area is 381 Å². The van der Waals surface area contributed by atoms with Gasteiger partial charge in [-0.25, -0.2) is 0 Å². The zero-order valence-electron chi connectivity index (χ0n) is 35.5. The molecule has 10 rings (SSSR count). The first-order valence-corrected chi connectivity index (χ1v) is 24.9. The summed E-state index contributed by atoms with van der Waals surface area (Å²) in [7, 11) is -2.62. The van der Waals surface area contributed by atoms with Gasteiger partial charge in [-0.3, -0.25) is 0 Å². The molecule has 3 heteroatoms. The van der Waals surface area contributed by atoms with E-state index in [9.17, 15) is 0 Å². The molecule has 63 heavy (non-hydrogen) atoms. The summed E-state index contributed by atoms with van der Waals surface area (Å²) in [6.45, 7) is 5.51. The number of hydrogen-bond donors (Lipinski definition) is 0. The van der Waals surface area contributed by atoms with Gasteiger partial charge in [-0.2, -0.15) is 0 Å². The zero-order valence-corrected chi connectivity index (χ0v) is 39.0. The topological polar surface area (TPSA) is 9.23 Å². The van der Waals surface area contributed by atoms with Crippen molar-refractivity contribution in [2.24, 2.45) is 0 Å². The standard InChI is InChI=1S/C60H47OP.Os/c1-4-23-43-40-61-41-44(43)39-57(42(3)62(45-25-9-6-10-26-45,46-27-11-7-12-28-46)47-29-13-8-14-30-47)58-53-35-19-21-37-55(53)60(56-38-22-20-36-54(56)58)59-51-33-17-15-31-49(51)48(24-5-2)50-32-16-18-34-52(50)59;/h5-39H,4,40-41H2,1-2H3;/q+1;/b24-5+,43-23?,44-39?,57-42?;. The van der Waals surface area contributed by atoms with E-state index >= 15 is 0 Å². The molecule has 0 aromatic heterocycles. The van der Waals surface area contributed by atoms with E-state index in [1.54, 1.807) is 0 Å². The fourth-order valence-electron chi connectivity index (χ4n) is 10.0. The van der Waals surface area contributed by atoms with Crippen molar-refractivity contribution in [3.8, 4) is 15.5 Å². The number of benzene rings is 9. The Kier molecular flexibility index (Phi) is 11.6. The van der Waals surface area contributed by atoms with Gasteiger partial charge in [0, 0.05) is 0 Å². The van der Waals surface area contributed by atoms with Crippen molar-refractivity contribution in [1.82, 2.24) is 0 Å². The molecule has 9 aromatic rings. The van der Waals surface area contributed by atoms with E-state index in [1.165, 1.54) is 103 Å². The van der Waals surface area contributed by atoms with Gasteiger partial charge in [0.15, 0.2) is 0 Å². The van der Waals surface area contributed by atoms with Crippen LogP contribution in [0.1, 0.15) is 31.4 Å². The Morgan fingerprint density at radius 1 is 0.524 bits per heavy atom. The minimum absolute atomic E-state index is 0.562. The molecule has 0 radical (unpaired) electrons. The molecule has 0 aliphatic carbocycles. The van der Waals surface area contributed by atoms with Gasteiger partial charge in [-0.15, -0.1) is 0 Å². The van der Waals surface area contributed by atoms with Crippen LogP contribution in [0.25, 0.3) is 65.9 Å². The fraction of sp³-hybridized carbons (Fsp3) is 0.0833. The van der Waals surface area contributed by atoms with Crippen LogP contribution in [0.15, 0.2) is 223 Å². The van der Waals surface area contributed by atoms with Crippen LogP contribution >= 0.6 is 7.26 Å². The van der Waals surface area contributed by atoms with Gasteiger partial charge in [0.2, 0.25) is 0 Å². The molecule has 1 fully saturated rings. The van der Waals surface area contributed by atoms with E-state index in [0.29, 0.717) is 13.2 Å². The van der Waals surface area contributed by atoms with Crippen LogP contribution in [0.3, 0.4) is 0 Å². The van der Waals surface area contributed by atoms with Gasteiger partial charge < -0.3 is 0 Å². The van der Waals surface area contributed by atoms with E-state index in [-0.39, 0.29) is 0 Å². The molecule has 0 atom stereocenters. The van der Waals surface area contributed by atoms with Crippen LogP contribution < -0.4 is 15.9 Å². The predicted molar refractivity (Wildman–Crippen MR) is 270 cm³/mol. The molecule has 0 amide bonds. The summed E-state index contributed by atoms with van der Waals surface area (Å²) in [6.07, 6.45) is 10.2. The van der Waals surface area contributed by atoms with Crippen molar-refractivity contribution in [1.29, 1.82) is 0 Å². The molecule has 0 bridgehead atoms.